The van der Waals surface area contributed by atoms with Gasteiger partial charge in [0.2, 0.25) is 0 Å². The SMILES string of the molecule is Cn1ccc(-c2ccsc2)n1. The van der Waals surface area contributed by atoms with Gasteiger partial charge in [0.05, 0.1) is 5.69 Å². The van der Waals surface area contributed by atoms with Gasteiger partial charge in [-0.25, -0.2) is 0 Å². The summed E-state index contributed by atoms with van der Waals surface area (Å²) in [5, 5.41) is 8.44. The van der Waals surface area contributed by atoms with Gasteiger partial charge in [0.25, 0.3) is 0 Å². The summed E-state index contributed by atoms with van der Waals surface area (Å²) in [6, 6.07) is 4.09. The van der Waals surface area contributed by atoms with Crippen molar-refractivity contribution in [1.82, 2.24) is 9.78 Å². The molecule has 0 saturated carbocycles. The molecule has 0 aliphatic carbocycles. The highest BCUT2D eigenvalue weighted by molar-refractivity contribution is 7.08. The maximum absolute atomic E-state index is 4.28. The zero-order chi connectivity index (χ0) is 7.68. The van der Waals surface area contributed by atoms with Crippen LogP contribution in [0.25, 0.3) is 11.3 Å². The van der Waals surface area contributed by atoms with Crippen molar-refractivity contribution in [3.63, 3.8) is 0 Å². The van der Waals surface area contributed by atoms with E-state index in [9.17, 15) is 0 Å². The minimum Gasteiger partial charge on any atom is -0.275 e. The summed E-state index contributed by atoms with van der Waals surface area (Å²) in [7, 11) is 1.93. The molecule has 0 N–H and O–H groups in total. The maximum atomic E-state index is 4.28. The van der Waals surface area contributed by atoms with Gasteiger partial charge in [-0.1, -0.05) is 0 Å². The normalized spacial score (nSPS) is 10.3. The van der Waals surface area contributed by atoms with Crippen LogP contribution in [-0.4, -0.2) is 9.78 Å². The Kier molecular flexibility index (Phi) is 1.51. The van der Waals surface area contributed by atoms with Gasteiger partial charge in [-0.15, -0.1) is 0 Å². The zero-order valence-electron chi connectivity index (χ0n) is 6.19. The molecule has 2 heterocycles. The lowest BCUT2D eigenvalue weighted by Gasteiger charge is -1.87. The lowest BCUT2D eigenvalue weighted by Crippen LogP contribution is -1.86. The van der Waals surface area contributed by atoms with E-state index in [4.69, 9.17) is 0 Å². The van der Waals surface area contributed by atoms with E-state index in [0.29, 0.717) is 0 Å². The smallest absolute Gasteiger partial charge is 0.0931 e. The van der Waals surface area contributed by atoms with Gasteiger partial charge in [-0.2, -0.15) is 16.4 Å². The Bertz CT molecular complexity index is 335. The molecule has 11 heavy (non-hydrogen) atoms. The number of aryl methyl sites for hydroxylation is 1. The second-order valence-electron chi connectivity index (χ2n) is 2.39. The van der Waals surface area contributed by atoms with Crippen molar-refractivity contribution in [3.8, 4) is 11.3 Å². The molecule has 2 nitrogen and oxygen atoms in total. The lowest BCUT2D eigenvalue weighted by atomic mass is 10.2. The molecule has 0 fully saturated rings. The number of hydrogen-bond donors (Lipinski definition) is 0. The number of thiophene rings is 1. The van der Waals surface area contributed by atoms with Crippen molar-refractivity contribution in [3.05, 3.63) is 29.1 Å². The summed E-state index contributed by atoms with van der Waals surface area (Å²) < 4.78 is 1.81. The molecular formula is C8H8N2S. The van der Waals surface area contributed by atoms with Gasteiger partial charge in [-0.3, -0.25) is 4.68 Å². The molecule has 0 radical (unpaired) electrons. The molecule has 3 heteroatoms. The summed E-state index contributed by atoms with van der Waals surface area (Å²) in [6.07, 6.45) is 1.95. The molecule has 0 atom stereocenters. The first kappa shape index (κ1) is 6.61. The molecule has 0 spiro atoms. The van der Waals surface area contributed by atoms with E-state index < -0.39 is 0 Å². The predicted molar refractivity (Wildman–Crippen MR) is 46.5 cm³/mol. The van der Waals surface area contributed by atoms with Gasteiger partial charge >= 0.3 is 0 Å². The quantitative estimate of drug-likeness (QED) is 0.631. The number of rotatable bonds is 1. The van der Waals surface area contributed by atoms with Crippen molar-refractivity contribution >= 4 is 11.3 Å². The molecular weight excluding hydrogens is 156 g/mol. The maximum Gasteiger partial charge on any atom is 0.0931 e. The third-order valence-corrected chi connectivity index (χ3v) is 2.21. The van der Waals surface area contributed by atoms with Crippen molar-refractivity contribution in [2.75, 3.05) is 0 Å². The average molecular weight is 164 g/mol. The number of nitrogens with zero attached hydrogens (tertiary/aromatic N) is 2. The highest BCUT2D eigenvalue weighted by atomic mass is 32.1. The fraction of sp³-hybridized carbons (Fsp3) is 0.125. The first-order chi connectivity index (χ1) is 5.36. The summed E-state index contributed by atoms with van der Waals surface area (Å²) >= 11 is 1.69. The summed E-state index contributed by atoms with van der Waals surface area (Å²) in [5.41, 5.74) is 2.25. The van der Waals surface area contributed by atoms with Crippen LogP contribution in [0, 0.1) is 0 Å². The van der Waals surface area contributed by atoms with Crippen LogP contribution in [0.3, 0.4) is 0 Å². The summed E-state index contributed by atoms with van der Waals surface area (Å²) in [5.74, 6) is 0. The van der Waals surface area contributed by atoms with Gasteiger partial charge in [0.15, 0.2) is 0 Å². The molecule has 0 aliphatic rings. The van der Waals surface area contributed by atoms with Crippen LogP contribution in [0.1, 0.15) is 0 Å². The highest BCUT2D eigenvalue weighted by Gasteiger charge is 1.98. The van der Waals surface area contributed by atoms with Gasteiger partial charge in [0, 0.05) is 24.2 Å². The largest absolute Gasteiger partial charge is 0.275 e. The van der Waals surface area contributed by atoms with Crippen LogP contribution in [0.2, 0.25) is 0 Å². The van der Waals surface area contributed by atoms with E-state index in [0.717, 1.165) is 5.69 Å². The van der Waals surface area contributed by atoms with E-state index in [1.807, 2.05) is 24.0 Å². The fourth-order valence-corrected chi connectivity index (χ4v) is 1.63. The Labute approximate surface area is 69.1 Å². The van der Waals surface area contributed by atoms with Gasteiger partial charge in [0.1, 0.15) is 0 Å². The van der Waals surface area contributed by atoms with E-state index in [1.54, 1.807) is 11.3 Å². The van der Waals surface area contributed by atoms with E-state index in [1.165, 1.54) is 5.56 Å². The third kappa shape index (κ3) is 1.19. The van der Waals surface area contributed by atoms with Crippen LogP contribution < -0.4 is 0 Å². The van der Waals surface area contributed by atoms with Crippen molar-refractivity contribution in [2.24, 2.45) is 7.05 Å². The minimum atomic E-state index is 1.05. The second kappa shape index (κ2) is 2.51. The third-order valence-electron chi connectivity index (χ3n) is 1.53. The zero-order valence-corrected chi connectivity index (χ0v) is 7.01. The predicted octanol–water partition coefficient (Wildman–Crippen LogP) is 2.15. The van der Waals surface area contributed by atoms with Gasteiger partial charge < -0.3 is 0 Å². The molecule has 2 aromatic rings. The first-order valence-corrected chi connectivity index (χ1v) is 4.33. The number of aromatic nitrogens is 2. The number of hydrogen-bond acceptors (Lipinski definition) is 2. The highest BCUT2D eigenvalue weighted by Crippen LogP contribution is 2.18. The topological polar surface area (TPSA) is 17.8 Å². The Morgan fingerprint density at radius 3 is 2.91 bits per heavy atom. The molecule has 0 unspecified atom stereocenters. The van der Waals surface area contributed by atoms with Crippen LogP contribution in [0.5, 0.6) is 0 Å². The standard InChI is InChI=1S/C8H8N2S/c1-10-4-2-8(9-10)7-3-5-11-6-7/h2-6H,1H3. The molecule has 0 bridgehead atoms. The van der Waals surface area contributed by atoms with Crippen LogP contribution >= 0.6 is 11.3 Å². The van der Waals surface area contributed by atoms with Crippen LogP contribution in [0.15, 0.2) is 29.1 Å². The van der Waals surface area contributed by atoms with Crippen molar-refractivity contribution < 1.29 is 0 Å². The lowest BCUT2D eigenvalue weighted by molar-refractivity contribution is 0.771. The molecule has 2 aromatic heterocycles. The van der Waals surface area contributed by atoms with Crippen LogP contribution in [0.4, 0.5) is 0 Å². The Morgan fingerprint density at radius 2 is 2.36 bits per heavy atom. The fourth-order valence-electron chi connectivity index (χ4n) is 0.979. The summed E-state index contributed by atoms with van der Waals surface area (Å²) in [4.78, 5) is 0. The molecule has 0 amide bonds. The van der Waals surface area contributed by atoms with Crippen molar-refractivity contribution in [2.45, 2.75) is 0 Å². The average Bonchev–Trinajstić information content (AvgIpc) is 2.55. The van der Waals surface area contributed by atoms with Crippen LogP contribution in [-0.2, 0) is 7.05 Å². The Morgan fingerprint density at radius 1 is 1.45 bits per heavy atom. The first-order valence-electron chi connectivity index (χ1n) is 3.38. The van der Waals surface area contributed by atoms with Gasteiger partial charge in [-0.05, 0) is 17.5 Å². The van der Waals surface area contributed by atoms with Crippen molar-refractivity contribution in [1.29, 1.82) is 0 Å². The molecule has 0 aliphatic heterocycles. The minimum absolute atomic E-state index is 1.05. The van der Waals surface area contributed by atoms with E-state index in [2.05, 4.69) is 21.9 Å². The molecule has 0 saturated heterocycles. The molecule has 0 aromatic carbocycles. The van der Waals surface area contributed by atoms with E-state index in [-0.39, 0.29) is 0 Å². The Hall–Kier alpha value is -1.09. The molecule has 56 valence electrons. The van der Waals surface area contributed by atoms with E-state index >= 15 is 0 Å². The second-order valence-corrected chi connectivity index (χ2v) is 3.17. The Balaban J connectivity index is 2.45. The summed E-state index contributed by atoms with van der Waals surface area (Å²) in [6.45, 7) is 0. The molecule has 2 rings (SSSR count). The monoisotopic (exact) mass is 164 g/mol.